The Morgan fingerprint density at radius 3 is 2.57 bits per heavy atom. The molecule has 1 unspecified atom stereocenters. The number of piperidine rings is 1. The lowest BCUT2D eigenvalue weighted by atomic mass is 9.96. The summed E-state index contributed by atoms with van der Waals surface area (Å²) in [5, 5.41) is 7.05. The Balaban J connectivity index is 0.00000220. The summed E-state index contributed by atoms with van der Waals surface area (Å²) in [7, 11) is 1.88. The number of aliphatic imine (C=N–C) groups is 1. The molecule has 2 aliphatic rings. The molecule has 124 valence electrons. The Kier molecular flexibility index (Phi) is 9.64. The second kappa shape index (κ2) is 10.6. The fraction of sp³-hybridized carbons (Fsp3) is 0.938. The number of hydrogen-bond donors (Lipinski definition) is 2. The van der Waals surface area contributed by atoms with Crippen molar-refractivity contribution in [3.63, 3.8) is 0 Å². The van der Waals surface area contributed by atoms with Crippen LogP contribution < -0.4 is 10.6 Å². The van der Waals surface area contributed by atoms with E-state index in [4.69, 9.17) is 0 Å². The summed E-state index contributed by atoms with van der Waals surface area (Å²) >= 11 is 0. The van der Waals surface area contributed by atoms with Gasteiger partial charge in [-0.05, 0) is 38.1 Å². The lowest BCUT2D eigenvalue weighted by molar-refractivity contribution is 0.186. The number of guanidine groups is 1. The molecule has 1 aliphatic heterocycles. The normalized spacial score (nSPS) is 25.2. The molecule has 0 spiro atoms. The molecular formula is C16H33IN4. The highest BCUT2D eigenvalue weighted by molar-refractivity contribution is 14.0. The molecule has 0 bridgehead atoms. The van der Waals surface area contributed by atoms with Crippen molar-refractivity contribution in [1.29, 1.82) is 0 Å². The average molecular weight is 408 g/mol. The minimum absolute atomic E-state index is 0. The van der Waals surface area contributed by atoms with Crippen LogP contribution in [0.15, 0.2) is 4.99 Å². The molecular weight excluding hydrogens is 375 g/mol. The van der Waals surface area contributed by atoms with E-state index in [0.717, 1.165) is 25.0 Å². The van der Waals surface area contributed by atoms with E-state index in [9.17, 15) is 0 Å². The van der Waals surface area contributed by atoms with Crippen molar-refractivity contribution in [2.75, 3.05) is 33.2 Å². The van der Waals surface area contributed by atoms with E-state index in [1.54, 1.807) is 0 Å². The molecule has 0 aromatic carbocycles. The first-order chi connectivity index (χ1) is 9.78. The standard InChI is InChI=1S/C16H32N4.HI/c1-14-7-6-11-20(13-14)12-10-18-16(17-2)19-15-8-4-3-5-9-15;/h14-15H,3-13H2,1-2H3,(H2,17,18,19);1H. The Morgan fingerprint density at radius 1 is 1.14 bits per heavy atom. The molecule has 1 saturated heterocycles. The number of likely N-dealkylation sites (tertiary alicyclic amines) is 1. The number of rotatable bonds is 4. The Labute approximate surface area is 147 Å². The molecule has 1 aliphatic carbocycles. The summed E-state index contributed by atoms with van der Waals surface area (Å²) in [6, 6.07) is 0.630. The number of halogens is 1. The molecule has 1 atom stereocenters. The number of nitrogens with zero attached hydrogens (tertiary/aromatic N) is 2. The highest BCUT2D eigenvalue weighted by Crippen LogP contribution is 2.17. The van der Waals surface area contributed by atoms with Crippen LogP contribution >= 0.6 is 24.0 Å². The maximum absolute atomic E-state index is 4.36. The van der Waals surface area contributed by atoms with Gasteiger partial charge in [0.05, 0.1) is 0 Å². The predicted octanol–water partition coefficient (Wildman–Crippen LogP) is 2.83. The van der Waals surface area contributed by atoms with Gasteiger partial charge in [0.25, 0.3) is 0 Å². The first-order valence-corrected chi connectivity index (χ1v) is 8.47. The second-order valence-corrected chi connectivity index (χ2v) is 6.53. The van der Waals surface area contributed by atoms with Gasteiger partial charge in [0.15, 0.2) is 5.96 Å². The van der Waals surface area contributed by atoms with Crippen molar-refractivity contribution < 1.29 is 0 Å². The molecule has 2 N–H and O–H groups in total. The molecule has 1 saturated carbocycles. The first kappa shape index (κ1) is 19.0. The molecule has 4 nitrogen and oxygen atoms in total. The Bertz CT molecular complexity index is 303. The van der Waals surface area contributed by atoms with E-state index in [2.05, 4.69) is 27.4 Å². The van der Waals surface area contributed by atoms with Crippen molar-refractivity contribution in [3.8, 4) is 0 Å². The van der Waals surface area contributed by atoms with Crippen molar-refractivity contribution in [3.05, 3.63) is 0 Å². The van der Waals surface area contributed by atoms with E-state index >= 15 is 0 Å². The number of hydrogen-bond acceptors (Lipinski definition) is 2. The van der Waals surface area contributed by atoms with E-state index in [-0.39, 0.29) is 24.0 Å². The van der Waals surface area contributed by atoms with Crippen molar-refractivity contribution in [1.82, 2.24) is 15.5 Å². The van der Waals surface area contributed by atoms with Crippen LogP contribution in [0.5, 0.6) is 0 Å². The maximum atomic E-state index is 4.36. The van der Waals surface area contributed by atoms with Crippen molar-refractivity contribution in [2.24, 2.45) is 10.9 Å². The Hall–Kier alpha value is -0.0400. The quantitative estimate of drug-likeness (QED) is 0.427. The van der Waals surface area contributed by atoms with Gasteiger partial charge in [-0.25, -0.2) is 0 Å². The summed E-state index contributed by atoms with van der Waals surface area (Å²) in [6.45, 7) is 7.02. The summed E-state index contributed by atoms with van der Waals surface area (Å²) in [6.07, 6.45) is 9.47. The molecule has 0 radical (unpaired) electrons. The zero-order valence-corrected chi connectivity index (χ0v) is 16.1. The van der Waals surface area contributed by atoms with Gasteiger partial charge in [-0.1, -0.05) is 26.2 Å². The molecule has 0 amide bonds. The highest BCUT2D eigenvalue weighted by atomic mass is 127. The number of nitrogens with one attached hydrogen (secondary N) is 2. The van der Waals surface area contributed by atoms with Gasteiger partial charge in [-0.15, -0.1) is 24.0 Å². The van der Waals surface area contributed by atoms with Crippen LogP contribution in [0.4, 0.5) is 0 Å². The van der Waals surface area contributed by atoms with E-state index in [1.165, 1.54) is 58.0 Å². The summed E-state index contributed by atoms with van der Waals surface area (Å²) in [4.78, 5) is 6.93. The van der Waals surface area contributed by atoms with Gasteiger partial charge in [0.2, 0.25) is 0 Å². The third-order valence-corrected chi connectivity index (χ3v) is 4.63. The smallest absolute Gasteiger partial charge is 0.191 e. The van der Waals surface area contributed by atoms with Gasteiger partial charge < -0.3 is 15.5 Å². The monoisotopic (exact) mass is 408 g/mol. The largest absolute Gasteiger partial charge is 0.355 e. The summed E-state index contributed by atoms with van der Waals surface area (Å²) in [5.74, 6) is 1.85. The minimum Gasteiger partial charge on any atom is -0.355 e. The van der Waals surface area contributed by atoms with Gasteiger partial charge in [-0.2, -0.15) is 0 Å². The van der Waals surface area contributed by atoms with Crippen LogP contribution in [0.1, 0.15) is 51.9 Å². The molecule has 5 heteroatoms. The molecule has 0 aromatic rings. The predicted molar refractivity (Wildman–Crippen MR) is 102 cm³/mol. The van der Waals surface area contributed by atoms with Gasteiger partial charge in [-0.3, -0.25) is 4.99 Å². The van der Waals surface area contributed by atoms with Crippen LogP contribution in [0.2, 0.25) is 0 Å². The average Bonchev–Trinajstić information content (AvgIpc) is 2.47. The van der Waals surface area contributed by atoms with Gasteiger partial charge in [0.1, 0.15) is 0 Å². The fourth-order valence-corrected chi connectivity index (χ4v) is 3.46. The minimum atomic E-state index is 0. The first-order valence-electron chi connectivity index (χ1n) is 8.47. The van der Waals surface area contributed by atoms with Gasteiger partial charge in [0, 0.05) is 32.7 Å². The molecule has 2 fully saturated rings. The van der Waals surface area contributed by atoms with Crippen LogP contribution in [0.25, 0.3) is 0 Å². The molecule has 21 heavy (non-hydrogen) atoms. The van der Waals surface area contributed by atoms with Crippen molar-refractivity contribution in [2.45, 2.75) is 57.9 Å². The highest BCUT2D eigenvalue weighted by Gasteiger charge is 2.16. The topological polar surface area (TPSA) is 39.7 Å². The lowest BCUT2D eigenvalue weighted by Gasteiger charge is -2.31. The van der Waals surface area contributed by atoms with Crippen molar-refractivity contribution >= 4 is 29.9 Å². The molecule has 2 rings (SSSR count). The maximum Gasteiger partial charge on any atom is 0.191 e. The van der Waals surface area contributed by atoms with Crippen LogP contribution in [-0.4, -0.2) is 50.1 Å². The van der Waals surface area contributed by atoms with Crippen LogP contribution in [-0.2, 0) is 0 Å². The zero-order chi connectivity index (χ0) is 14.2. The fourth-order valence-electron chi connectivity index (χ4n) is 3.46. The van der Waals surface area contributed by atoms with E-state index in [0.29, 0.717) is 6.04 Å². The van der Waals surface area contributed by atoms with Crippen LogP contribution in [0.3, 0.4) is 0 Å². The molecule has 0 aromatic heterocycles. The summed E-state index contributed by atoms with van der Waals surface area (Å²) < 4.78 is 0. The second-order valence-electron chi connectivity index (χ2n) is 6.53. The third kappa shape index (κ3) is 7.17. The SMILES string of the molecule is CN=C(NCCN1CCCC(C)C1)NC1CCCCC1.I. The molecule has 1 heterocycles. The zero-order valence-electron chi connectivity index (χ0n) is 13.7. The third-order valence-electron chi connectivity index (χ3n) is 4.63. The lowest BCUT2D eigenvalue weighted by Crippen LogP contribution is -2.47. The van der Waals surface area contributed by atoms with Crippen LogP contribution in [0, 0.1) is 5.92 Å². The van der Waals surface area contributed by atoms with E-state index in [1.807, 2.05) is 7.05 Å². The van der Waals surface area contributed by atoms with Gasteiger partial charge >= 0.3 is 0 Å². The summed E-state index contributed by atoms with van der Waals surface area (Å²) in [5.41, 5.74) is 0. The Morgan fingerprint density at radius 2 is 1.90 bits per heavy atom. The van der Waals surface area contributed by atoms with E-state index < -0.39 is 0 Å².